The van der Waals surface area contributed by atoms with Crippen molar-refractivity contribution in [3.05, 3.63) is 53.9 Å². The van der Waals surface area contributed by atoms with Gasteiger partial charge in [0.15, 0.2) is 5.96 Å². The molecule has 1 aliphatic carbocycles. The Hall–Kier alpha value is -2.38. The number of ether oxygens (including phenoxy) is 1. The molecule has 1 aromatic carbocycles. The highest BCUT2D eigenvalue weighted by Gasteiger charge is 2.35. The van der Waals surface area contributed by atoms with Crippen molar-refractivity contribution in [1.82, 2.24) is 25.3 Å². The minimum atomic E-state index is 0.0259. The van der Waals surface area contributed by atoms with Crippen LogP contribution in [-0.4, -0.2) is 59.0 Å². The zero-order chi connectivity index (χ0) is 22.4. The number of hydrogen-bond acceptors (Lipinski definition) is 4. The lowest BCUT2D eigenvalue weighted by Gasteiger charge is -2.36. The molecule has 0 spiro atoms. The van der Waals surface area contributed by atoms with Gasteiger partial charge in [0.25, 0.3) is 0 Å². The van der Waals surface area contributed by atoms with Crippen LogP contribution in [0, 0.1) is 0 Å². The summed E-state index contributed by atoms with van der Waals surface area (Å²) in [5.74, 6) is 0.991. The molecule has 1 aliphatic heterocycles. The maximum Gasteiger partial charge on any atom is 0.194 e. The molecule has 7 nitrogen and oxygen atoms in total. The number of nitrogens with one attached hydrogen (secondary N) is 2. The number of benzene rings is 1. The number of aliphatic imine (C=N–C) groups is 1. The molecule has 2 heterocycles. The molecular formula is C25H38N6O. The van der Waals surface area contributed by atoms with Crippen molar-refractivity contribution in [2.45, 2.75) is 57.2 Å². The molecule has 2 unspecified atom stereocenters. The highest BCUT2D eigenvalue weighted by molar-refractivity contribution is 5.80. The van der Waals surface area contributed by atoms with Gasteiger partial charge in [-0.15, -0.1) is 0 Å². The number of rotatable bonds is 7. The fraction of sp³-hybridized carbons (Fsp3) is 0.600. The summed E-state index contributed by atoms with van der Waals surface area (Å²) in [5, 5.41) is 11.8. The monoisotopic (exact) mass is 438 g/mol. The summed E-state index contributed by atoms with van der Waals surface area (Å²) in [7, 11) is 1.94. The van der Waals surface area contributed by atoms with Crippen molar-refractivity contribution in [2.75, 3.05) is 32.8 Å². The number of aryl methyl sites for hydroxylation is 1. The van der Waals surface area contributed by atoms with Gasteiger partial charge < -0.3 is 20.3 Å². The predicted molar refractivity (Wildman–Crippen MR) is 129 cm³/mol. The van der Waals surface area contributed by atoms with Crippen LogP contribution in [0.25, 0.3) is 0 Å². The fourth-order valence-electron chi connectivity index (χ4n) is 4.99. The van der Waals surface area contributed by atoms with Crippen molar-refractivity contribution >= 4 is 5.96 Å². The van der Waals surface area contributed by atoms with Gasteiger partial charge in [-0.25, -0.2) is 0 Å². The molecule has 0 amide bonds. The Morgan fingerprint density at radius 3 is 2.75 bits per heavy atom. The lowest BCUT2D eigenvalue weighted by atomic mass is 9.95. The van der Waals surface area contributed by atoms with E-state index in [9.17, 15) is 0 Å². The average Bonchev–Trinajstić information content (AvgIpc) is 3.47. The maximum atomic E-state index is 6.05. The average molecular weight is 439 g/mol. The second kappa shape index (κ2) is 10.5. The molecule has 1 saturated heterocycles. The largest absolute Gasteiger partial charge is 0.370 e. The quantitative estimate of drug-likeness (QED) is 0.512. The van der Waals surface area contributed by atoms with E-state index in [1.807, 2.05) is 24.1 Å². The standard InChI is InChI=1S/C25H38N6O/c1-4-26-24(31-14-15-32-23(18-31)22-16-28-30(3)17-22)27-19-25(12-8-9-13-25)29-20(2)21-10-6-5-7-11-21/h5-7,10-11,16-17,20,23,29H,4,8-9,12-15,18-19H2,1-3H3,(H,26,27). The fourth-order valence-corrected chi connectivity index (χ4v) is 4.99. The van der Waals surface area contributed by atoms with Crippen LogP contribution >= 0.6 is 0 Å². The van der Waals surface area contributed by atoms with Gasteiger partial charge in [0.1, 0.15) is 6.10 Å². The van der Waals surface area contributed by atoms with E-state index in [-0.39, 0.29) is 11.6 Å². The Bertz CT molecular complexity index is 874. The van der Waals surface area contributed by atoms with Crippen LogP contribution < -0.4 is 10.6 Å². The highest BCUT2D eigenvalue weighted by Crippen LogP contribution is 2.33. The molecule has 1 aromatic heterocycles. The molecular weight excluding hydrogens is 400 g/mol. The van der Waals surface area contributed by atoms with Crippen LogP contribution in [0.1, 0.15) is 62.8 Å². The van der Waals surface area contributed by atoms with E-state index in [1.54, 1.807) is 0 Å². The van der Waals surface area contributed by atoms with Crippen LogP contribution in [0.4, 0.5) is 0 Å². The first-order valence-electron chi connectivity index (χ1n) is 12.0. The molecule has 32 heavy (non-hydrogen) atoms. The van der Waals surface area contributed by atoms with E-state index >= 15 is 0 Å². The van der Waals surface area contributed by atoms with E-state index in [1.165, 1.54) is 31.2 Å². The SMILES string of the molecule is CCNC(=NCC1(NC(C)c2ccccc2)CCCC1)N1CCOC(c2cnn(C)c2)C1. The van der Waals surface area contributed by atoms with Crippen molar-refractivity contribution in [3.8, 4) is 0 Å². The summed E-state index contributed by atoms with van der Waals surface area (Å²) in [5.41, 5.74) is 2.52. The molecule has 174 valence electrons. The molecule has 2 N–H and O–H groups in total. The van der Waals surface area contributed by atoms with Gasteiger partial charge in [0.2, 0.25) is 0 Å². The Kier molecular flexibility index (Phi) is 7.48. The highest BCUT2D eigenvalue weighted by atomic mass is 16.5. The van der Waals surface area contributed by atoms with Crippen LogP contribution in [0.2, 0.25) is 0 Å². The molecule has 2 fully saturated rings. The van der Waals surface area contributed by atoms with Crippen molar-refractivity contribution in [2.24, 2.45) is 12.0 Å². The molecule has 1 saturated carbocycles. The number of guanidine groups is 1. The van der Waals surface area contributed by atoms with E-state index in [4.69, 9.17) is 9.73 Å². The Morgan fingerprint density at radius 2 is 2.06 bits per heavy atom. The Labute approximate surface area is 192 Å². The summed E-state index contributed by atoms with van der Waals surface area (Å²) < 4.78 is 7.88. The maximum absolute atomic E-state index is 6.05. The van der Waals surface area contributed by atoms with Crippen LogP contribution in [0.5, 0.6) is 0 Å². The lowest BCUT2D eigenvalue weighted by molar-refractivity contribution is -0.00808. The zero-order valence-corrected chi connectivity index (χ0v) is 19.8. The number of hydrogen-bond donors (Lipinski definition) is 2. The summed E-state index contributed by atoms with van der Waals surface area (Å²) in [6.07, 6.45) is 8.85. The van der Waals surface area contributed by atoms with Crippen molar-refractivity contribution in [1.29, 1.82) is 0 Å². The van der Waals surface area contributed by atoms with E-state index in [2.05, 4.69) is 64.8 Å². The molecule has 2 aromatic rings. The minimum absolute atomic E-state index is 0.0259. The topological polar surface area (TPSA) is 66.7 Å². The first-order valence-corrected chi connectivity index (χ1v) is 12.0. The van der Waals surface area contributed by atoms with E-state index < -0.39 is 0 Å². The van der Waals surface area contributed by atoms with Crippen LogP contribution in [-0.2, 0) is 11.8 Å². The van der Waals surface area contributed by atoms with Gasteiger partial charge in [-0.05, 0) is 32.3 Å². The van der Waals surface area contributed by atoms with Gasteiger partial charge in [-0.2, -0.15) is 5.10 Å². The molecule has 2 atom stereocenters. The number of nitrogens with zero attached hydrogens (tertiary/aromatic N) is 4. The van der Waals surface area contributed by atoms with E-state index in [0.717, 1.165) is 37.7 Å². The Morgan fingerprint density at radius 1 is 1.28 bits per heavy atom. The Balaban J connectivity index is 1.47. The zero-order valence-electron chi connectivity index (χ0n) is 19.8. The third-order valence-corrected chi connectivity index (χ3v) is 6.71. The van der Waals surface area contributed by atoms with Crippen molar-refractivity contribution in [3.63, 3.8) is 0 Å². The third kappa shape index (κ3) is 5.51. The van der Waals surface area contributed by atoms with Gasteiger partial charge in [-0.1, -0.05) is 43.2 Å². The smallest absolute Gasteiger partial charge is 0.194 e. The normalized spacial score (nSPS) is 22.2. The predicted octanol–water partition coefficient (Wildman–Crippen LogP) is 3.42. The van der Waals surface area contributed by atoms with Gasteiger partial charge in [0, 0.05) is 43.5 Å². The number of aromatic nitrogens is 2. The van der Waals surface area contributed by atoms with Crippen LogP contribution in [0.3, 0.4) is 0 Å². The minimum Gasteiger partial charge on any atom is -0.370 e. The second-order valence-corrected chi connectivity index (χ2v) is 9.19. The molecule has 0 radical (unpaired) electrons. The first kappa shape index (κ1) is 22.8. The molecule has 4 rings (SSSR count). The summed E-state index contributed by atoms with van der Waals surface area (Å²) in [6.45, 7) is 8.39. The van der Waals surface area contributed by atoms with Gasteiger partial charge in [-0.3, -0.25) is 9.67 Å². The first-order chi connectivity index (χ1) is 15.6. The number of morpholine rings is 1. The van der Waals surface area contributed by atoms with E-state index in [0.29, 0.717) is 12.6 Å². The summed E-state index contributed by atoms with van der Waals surface area (Å²) in [6, 6.07) is 11.0. The molecule has 7 heteroatoms. The summed E-state index contributed by atoms with van der Waals surface area (Å²) >= 11 is 0. The third-order valence-electron chi connectivity index (χ3n) is 6.71. The molecule has 2 aliphatic rings. The molecule has 0 bridgehead atoms. The van der Waals surface area contributed by atoms with Gasteiger partial charge in [0.05, 0.1) is 25.9 Å². The summed E-state index contributed by atoms with van der Waals surface area (Å²) in [4.78, 5) is 7.51. The lowest BCUT2D eigenvalue weighted by Crippen LogP contribution is -2.50. The van der Waals surface area contributed by atoms with Crippen LogP contribution in [0.15, 0.2) is 47.7 Å². The van der Waals surface area contributed by atoms with Gasteiger partial charge >= 0.3 is 0 Å². The second-order valence-electron chi connectivity index (χ2n) is 9.19. The van der Waals surface area contributed by atoms with Crippen molar-refractivity contribution < 1.29 is 4.74 Å².